The smallest absolute Gasteiger partial charge is 0.163 e. The molecule has 0 aliphatic carbocycles. The zero-order chi connectivity index (χ0) is 23.1. The second-order valence-electron chi connectivity index (χ2n) is 8.27. The number of aromatic nitrogens is 5. The monoisotopic (exact) mass is 453 g/mol. The number of nitrogens with zero attached hydrogens (tertiary/aromatic N) is 6. The predicted molar refractivity (Wildman–Crippen MR) is 121 cm³/mol. The minimum absolute atomic E-state index is 0.377. The van der Waals surface area contributed by atoms with E-state index in [1.54, 1.807) is 10.8 Å². The number of ether oxygens (including phenoxy) is 1. The maximum Gasteiger partial charge on any atom is 0.163 e. The molecule has 1 aliphatic rings. The van der Waals surface area contributed by atoms with E-state index in [4.69, 9.17) is 14.8 Å². The fraction of sp³-hybridized carbons (Fsp3) is 0.348. The molecule has 8 nitrogen and oxygen atoms in total. The van der Waals surface area contributed by atoms with Crippen molar-refractivity contribution in [3.8, 4) is 0 Å². The molecule has 1 aliphatic heterocycles. The summed E-state index contributed by atoms with van der Waals surface area (Å²) in [4.78, 5) is 11.4. The summed E-state index contributed by atoms with van der Waals surface area (Å²) in [5, 5.41) is 8.03. The lowest BCUT2D eigenvalue weighted by Gasteiger charge is -2.29. The van der Waals surface area contributed by atoms with E-state index in [9.17, 15) is 8.78 Å². The molecule has 33 heavy (non-hydrogen) atoms. The van der Waals surface area contributed by atoms with E-state index in [1.807, 2.05) is 37.7 Å². The molecule has 1 saturated heterocycles. The molecule has 3 aromatic heterocycles. The lowest BCUT2D eigenvalue weighted by Crippen LogP contribution is -2.37. The van der Waals surface area contributed by atoms with Crippen molar-refractivity contribution in [1.82, 2.24) is 24.1 Å². The van der Waals surface area contributed by atoms with Crippen molar-refractivity contribution in [2.75, 3.05) is 36.5 Å². The summed E-state index contributed by atoms with van der Waals surface area (Å²) in [7, 11) is 1.89. The lowest BCUT2D eigenvalue weighted by atomic mass is 9.92. The van der Waals surface area contributed by atoms with Crippen LogP contribution in [0.25, 0.3) is 5.65 Å². The Labute approximate surface area is 189 Å². The molecule has 1 atom stereocenters. The highest BCUT2D eigenvalue weighted by Crippen LogP contribution is 2.34. The van der Waals surface area contributed by atoms with Gasteiger partial charge in [-0.15, -0.1) is 0 Å². The van der Waals surface area contributed by atoms with Gasteiger partial charge >= 0.3 is 0 Å². The van der Waals surface area contributed by atoms with Crippen molar-refractivity contribution in [1.29, 1.82) is 0 Å². The van der Waals surface area contributed by atoms with Gasteiger partial charge in [-0.05, 0) is 18.6 Å². The number of benzene rings is 1. The fourth-order valence-electron chi connectivity index (χ4n) is 4.33. The second kappa shape index (κ2) is 8.43. The molecule has 0 amide bonds. The van der Waals surface area contributed by atoms with E-state index in [0.717, 1.165) is 36.2 Å². The Morgan fingerprint density at radius 1 is 1.12 bits per heavy atom. The van der Waals surface area contributed by atoms with Crippen molar-refractivity contribution in [2.24, 2.45) is 7.05 Å². The van der Waals surface area contributed by atoms with E-state index < -0.39 is 11.6 Å². The maximum absolute atomic E-state index is 14.6. The molecule has 0 bridgehead atoms. The summed E-state index contributed by atoms with van der Waals surface area (Å²) in [6.07, 6.45) is 3.57. The van der Waals surface area contributed by atoms with Gasteiger partial charge in [-0.1, -0.05) is 13.0 Å². The van der Waals surface area contributed by atoms with Gasteiger partial charge in [-0.25, -0.2) is 18.7 Å². The molecule has 4 heterocycles. The Morgan fingerprint density at radius 3 is 2.61 bits per heavy atom. The molecule has 4 aromatic rings. The predicted octanol–water partition coefficient (Wildman–Crippen LogP) is 3.78. The van der Waals surface area contributed by atoms with Crippen LogP contribution in [0, 0.1) is 18.6 Å². The normalized spacial score (nSPS) is 15.2. The quantitative estimate of drug-likeness (QED) is 0.496. The van der Waals surface area contributed by atoms with Crippen molar-refractivity contribution < 1.29 is 13.5 Å². The van der Waals surface area contributed by atoms with Gasteiger partial charge in [0, 0.05) is 49.9 Å². The van der Waals surface area contributed by atoms with Crippen molar-refractivity contribution >= 4 is 23.1 Å². The van der Waals surface area contributed by atoms with Crippen LogP contribution in [0.15, 0.2) is 36.8 Å². The number of hydrogen-bond acceptors (Lipinski definition) is 6. The van der Waals surface area contributed by atoms with Gasteiger partial charge in [0.25, 0.3) is 0 Å². The Morgan fingerprint density at radius 2 is 1.91 bits per heavy atom. The standard InChI is InChI=1S/C23H25F2N7O/c1-14(17-5-4-16(24)10-18(17)25)22-15(2)29-32-21(31-6-8-33-9-7-31)11-19(28-23(22)32)27-20-12-30(3)13-26-20/h4-5,10-14H,6-9H2,1-3H3,(H,27,28)/t14-/m0/s1. The summed E-state index contributed by atoms with van der Waals surface area (Å²) in [5.74, 6) is 0.571. The third kappa shape index (κ3) is 4.02. The molecule has 0 spiro atoms. The van der Waals surface area contributed by atoms with E-state index in [-0.39, 0.29) is 5.92 Å². The van der Waals surface area contributed by atoms with Gasteiger partial charge in [0.1, 0.15) is 29.1 Å². The number of morpholine rings is 1. The Balaban J connectivity index is 1.66. The van der Waals surface area contributed by atoms with Gasteiger partial charge in [0.05, 0.1) is 25.2 Å². The Bertz CT molecular complexity index is 1310. The summed E-state index contributed by atoms with van der Waals surface area (Å²) in [6, 6.07) is 5.60. The van der Waals surface area contributed by atoms with Crippen LogP contribution < -0.4 is 10.2 Å². The summed E-state index contributed by atoms with van der Waals surface area (Å²) < 4.78 is 37.3. The zero-order valence-electron chi connectivity index (χ0n) is 18.7. The number of rotatable bonds is 5. The van der Waals surface area contributed by atoms with E-state index in [2.05, 4.69) is 15.2 Å². The molecule has 172 valence electrons. The molecule has 1 N–H and O–H groups in total. The van der Waals surface area contributed by atoms with E-state index in [0.29, 0.717) is 36.1 Å². The number of fused-ring (bicyclic) bond motifs is 1. The highest BCUT2D eigenvalue weighted by molar-refractivity contribution is 5.66. The van der Waals surface area contributed by atoms with Crippen molar-refractivity contribution in [3.05, 3.63) is 65.2 Å². The largest absolute Gasteiger partial charge is 0.378 e. The van der Waals surface area contributed by atoms with Crippen molar-refractivity contribution in [2.45, 2.75) is 19.8 Å². The van der Waals surface area contributed by atoms with Crippen LogP contribution in [-0.2, 0) is 11.8 Å². The Hall–Kier alpha value is -3.53. The van der Waals surface area contributed by atoms with Crippen LogP contribution >= 0.6 is 0 Å². The number of nitrogens with one attached hydrogen (secondary N) is 1. The molecule has 0 saturated carbocycles. The molecular weight excluding hydrogens is 428 g/mol. The number of halogens is 2. The van der Waals surface area contributed by atoms with Crippen LogP contribution in [0.3, 0.4) is 0 Å². The first-order valence-corrected chi connectivity index (χ1v) is 10.8. The summed E-state index contributed by atoms with van der Waals surface area (Å²) >= 11 is 0. The molecule has 10 heteroatoms. The first-order valence-electron chi connectivity index (χ1n) is 10.8. The number of hydrogen-bond donors (Lipinski definition) is 1. The molecule has 0 radical (unpaired) electrons. The molecule has 5 rings (SSSR count). The van der Waals surface area contributed by atoms with Crippen LogP contribution in [0.5, 0.6) is 0 Å². The molecule has 0 unspecified atom stereocenters. The second-order valence-corrected chi connectivity index (χ2v) is 8.27. The van der Waals surface area contributed by atoms with Crippen LogP contribution in [0.2, 0.25) is 0 Å². The van der Waals surface area contributed by atoms with Gasteiger partial charge in [-0.3, -0.25) is 0 Å². The SMILES string of the molecule is Cc1nn2c(N3CCOCC3)cc(Nc3cn(C)cn3)nc2c1[C@@H](C)c1ccc(F)cc1F. The third-order valence-electron chi connectivity index (χ3n) is 5.95. The van der Waals surface area contributed by atoms with Crippen molar-refractivity contribution in [3.63, 3.8) is 0 Å². The number of anilines is 3. The Kier molecular flexibility index (Phi) is 5.45. The average Bonchev–Trinajstić information content (AvgIpc) is 3.35. The third-order valence-corrected chi connectivity index (χ3v) is 5.95. The van der Waals surface area contributed by atoms with Gasteiger partial charge in [-0.2, -0.15) is 9.61 Å². The van der Waals surface area contributed by atoms with E-state index >= 15 is 0 Å². The molecule has 1 fully saturated rings. The van der Waals surface area contributed by atoms with E-state index in [1.165, 1.54) is 12.1 Å². The zero-order valence-corrected chi connectivity index (χ0v) is 18.7. The van der Waals surface area contributed by atoms with Crippen LogP contribution in [0.4, 0.5) is 26.2 Å². The van der Waals surface area contributed by atoms with Gasteiger partial charge in [0.2, 0.25) is 0 Å². The van der Waals surface area contributed by atoms with Gasteiger partial charge < -0.3 is 19.5 Å². The van der Waals surface area contributed by atoms with Crippen LogP contribution in [0.1, 0.15) is 29.7 Å². The first-order chi connectivity index (χ1) is 15.9. The molecular formula is C23H25F2N7O. The summed E-state index contributed by atoms with van der Waals surface area (Å²) in [5.41, 5.74) is 2.54. The first kappa shape index (κ1) is 21.3. The molecule has 1 aromatic carbocycles. The number of aryl methyl sites for hydroxylation is 2. The highest BCUT2D eigenvalue weighted by Gasteiger charge is 2.25. The number of imidazole rings is 1. The average molecular weight is 453 g/mol. The minimum Gasteiger partial charge on any atom is -0.378 e. The fourth-order valence-corrected chi connectivity index (χ4v) is 4.33. The minimum atomic E-state index is -0.602. The van der Waals surface area contributed by atoms with Gasteiger partial charge in [0.15, 0.2) is 5.65 Å². The lowest BCUT2D eigenvalue weighted by molar-refractivity contribution is 0.122. The summed E-state index contributed by atoms with van der Waals surface area (Å²) in [6.45, 7) is 6.46. The highest BCUT2D eigenvalue weighted by atomic mass is 19.1. The van der Waals surface area contributed by atoms with Crippen LogP contribution in [-0.4, -0.2) is 50.5 Å². The maximum atomic E-state index is 14.6. The topological polar surface area (TPSA) is 72.5 Å².